The smallest absolute Gasteiger partial charge is 0 e. The van der Waals surface area contributed by atoms with Crippen LogP contribution in [0.5, 0.6) is 0 Å². The second-order valence-electron chi connectivity index (χ2n) is 7.46. The van der Waals surface area contributed by atoms with E-state index in [4.69, 9.17) is 0 Å². The molecular formula is C24H30Ho-2. The maximum absolute atomic E-state index is 3.64. The average Bonchev–Trinajstić information content (AvgIpc) is 2.60. The summed E-state index contributed by atoms with van der Waals surface area (Å²) in [5.74, 6) is 0. The van der Waals surface area contributed by atoms with E-state index in [1.54, 1.807) is 11.1 Å². The number of fused-ring (bicyclic) bond motifs is 1. The van der Waals surface area contributed by atoms with Crippen molar-refractivity contribution in [1.29, 1.82) is 0 Å². The van der Waals surface area contributed by atoms with Crippen LogP contribution in [-0.4, -0.2) is 0 Å². The van der Waals surface area contributed by atoms with Crippen LogP contribution in [0, 0.1) is 84.8 Å². The van der Waals surface area contributed by atoms with E-state index in [-0.39, 0.29) is 37.7 Å². The predicted octanol–water partition coefficient (Wildman–Crippen LogP) is 6.34. The van der Waals surface area contributed by atoms with Gasteiger partial charge in [-0.15, -0.1) is 11.1 Å². The van der Waals surface area contributed by atoms with Crippen LogP contribution in [0.4, 0.5) is 0 Å². The zero-order valence-electron chi connectivity index (χ0n) is 16.5. The molecule has 0 saturated heterocycles. The number of rotatable bonds is 3. The number of benzene rings is 2. The first-order valence-electron chi connectivity index (χ1n) is 9.37. The van der Waals surface area contributed by atoms with Crippen molar-refractivity contribution in [1.82, 2.24) is 0 Å². The molecule has 0 aliphatic heterocycles. The molecule has 0 amide bonds. The monoisotopic (exact) mass is 483 g/mol. The Morgan fingerprint density at radius 2 is 1.36 bits per heavy atom. The molecular weight excluding hydrogens is 453 g/mol. The van der Waals surface area contributed by atoms with Gasteiger partial charge in [0.05, 0.1) is 0 Å². The zero-order chi connectivity index (χ0) is 17.4. The van der Waals surface area contributed by atoms with Crippen LogP contribution >= 0.6 is 0 Å². The maximum atomic E-state index is 3.64. The molecule has 0 saturated carbocycles. The van der Waals surface area contributed by atoms with Crippen molar-refractivity contribution in [2.45, 2.75) is 73.6 Å². The van der Waals surface area contributed by atoms with Crippen LogP contribution in [0.25, 0.3) is 11.1 Å². The third-order valence-electron chi connectivity index (χ3n) is 6.23. The van der Waals surface area contributed by atoms with Gasteiger partial charge in [0.1, 0.15) is 0 Å². The third kappa shape index (κ3) is 3.73. The molecule has 2 aromatic rings. The Balaban J connectivity index is 0.00000225. The topological polar surface area (TPSA) is 0 Å². The van der Waals surface area contributed by atoms with Gasteiger partial charge < -0.3 is 6.42 Å². The molecule has 3 rings (SSSR count). The van der Waals surface area contributed by atoms with E-state index in [1.807, 2.05) is 0 Å². The summed E-state index contributed by atoms with van der Waals surface area (Å²) in [6.07, 6.45) is 8.40. The molecule has 1 aliphatic rings. The largest absolute Gasteiger partial charge is 0.329 e. The molecule has 0 N–H and O–H groups in total. The van der Waals surface area contributed by atoms with Gasteiger partial charge in [0.15, 0.2) is 0 Å². The van der Waals surface area contributed by atoms with Gasteiger partial charge in [-0.3, -0.25) is 0 Å². The Hall–Kier alpha value is -0.300. The van der Waals surface area contributed by atoms with Crippen molar-refractivity contribution < 1.29 is 37.7 Å². The first-order valence-corrected chi connectivity index (χ1v) is 9.37. The normalized spacial score (nSPS) is 13.4. The Labute approximate surface area is 184 Å². The minimum absolute atomic E-state index is 0. The first kappa shape index (κ1) is 21.0. The van der Waals surface area contributed by atoms with Crippen molar-refractivity contribution in [3.8, 4) is 11.1 Å². The van der Waals surface area contributed by atoms with Gasteiger partial charge in [-0.1, -0.05) is 36.0 Å². The second-order valence-corrected chi connectivity index (χ2v) is 7.46. The summed E-state index contributed by atoms with van der Waals surface area (Å²) in [7, 11) is 0. The van der Waals surface area contributed by atoms with E-state index in [0.717, 1.165) is 6.42 Å². The molecule has 0 heterocycles. The van der Waals surface area contributed by atoms with E-state index in [1.165, 1.54) is 70.2 Å². The van der Waals surface area contributed by atoms with E-state index in [9.17, 15) is 0 Å². The van der Waals surface area contributed by atoms with Gasteiger partial charge in [-0.25, -0.2) is 0 Å². The molecule has 139 valence electrons. The van der Waals surface area contributed by atoms with Crippen molar-refractivity contribution in [3.05, 3.63) is 63.1 Å². The Kier molecular flexibility index (Phi) is 7.22. The van der Waals surface area contributed by atoms with Crippen LogP contribution in [-0.2, 0) is 19.3 Å². The Morgan fingerprint density at radius 1 is 0.840 bits per heavy atom. The minimum Gasteiger partial charge on any atom is -0.329 e. The number of hydrogen-bond acceptors (Lipinski definition) is 0. The molecule has 0 bridgehead atoms. The van der Waals surface area contributed by atoms with Crippen LogP contribution < -0.4 is 0 Å². The molecule has 0 spiro atoms. The summed E-state index contributed by atoms with van der Waals surface area (Å²) >= 11 is 0. The molecule has 1 aliphatic carbocycles. The van der Waals surface area contributed by atoms with Gasteiger partial charge in [-0.2, -0.15) is 36.6 Å². The van der Waals surface area contributed by atoms with E-state index < -0.39 is 0 Å². The Bertz CT molecular complexity index is 754. The predicted molar refractivity (Wildman–Crippen MR) is 105 cm³/mol. The van der Waals surface area contributed by atoms with Crippen molar-refractivity contribution in [2.75, 3.05) is 0 Å². The summed E-state index contributed by atoms with van der Waals surface area (Å²) < 4.78 is 0. The quantitative estimate of drug-likeness (QED) is 0.353. The molecule has 2 aromatic carbocycles. The van der Waals surface area contributed by atoms with Crippen molar-refractivity contribution in [3.63, 3.8) is 0 Å². The minimum atomic E-state index is 0. The summed E-state index contributed by atoms with van der Waals surface area (Å²) in [6, 6.07) is 5.93. The Morgan fingerprint density at radius 3 is 1.92 bits per heavy atom. The molecule has 1 heteroatoms. The van der Waals surface area contributed by atoms with Crippen LogP contribution in [0.15, 0.2) is 6.07 Å². The van der Waals surface area contributed by atoms with Gasteiger partial charge in [-0.05, 0) is 57.7 Å². The fourth-order valence-corrected chi connectivity index (χ4v) is 4.38. The molecule has 0 atom stereocenters. The van der Waals surface area contributed by atoms with Crippen molar-refractivity contribution in [2.24, 2.45) is 0 Å². The second kappa shape index (κ2) is 8.59. The van der Waals surface area contributed by atoms with Gasteiger partial charge in [0.2, 0.25) is 0 Å². The number of hydrogen-bond donors (Lipinski definition) is 0. The third-order valence-corrected chi connectivity index (χ3v) is 6.23. The zero-order valence-corrected chi connectivity index (χ0v) is 18.4. The van der Waals surface area contributed by atoms with Crippen molar-refractivity contribution >= 4 is 0 Å². The van der Waals surface area contributed by atoms with Gasteiger partial charge in [0, 0.05) is 37.7 Å². The maximum Gasteiger partial charge on any atom is 0 e. The SMILES string of the molecule is C[CH-]Cc1[c-]cc(-c2c(C)c(C)c(C)c(C)c2C)c2c1CCCC2.[Ho]. The molecule has 0 fully saturated rings. The van der Waals surface area contributed by atoms with Crippen LogP contribution in [0.3, 0.4) is 0 Å². The fourth-order valence-electron chi connectivity index (χ4n) is 4.38. The van der Waals surface area contributed by atoms with Gasteiger partial charge in [0.25, 0.3) is 0 Å². The first-order chi connectivity index (χ1) is 11.5. The van der Waals surface area contributed by atoms with E-state index in [0.29, 0.717) is 0 Å². The van der Waals surface area contributed by atoms with Crippen LogP contribution in [0.1, 0.15) is 64.3 Å². The fraction of sp³-hybridized carbons (Fsp3) is 0.458. The van der Waals surface area contributed by atoms with Crippen LogP contribution in [0.2, 0.25) is 0 Å². The molecule has 0 nitrogen and oxygen atoms in total. The van der Waals surface area contributed by atoms with Gasteiger partial charge >= 0.3 is 0 Å². The van der Waals surface area contributed by atoms with E-state index >= 15 is 0 Å². The summed E-state index contributed by atoms with van der Waals surface area (Å²) in [6.45, 7) is 13.6. The summed E-state index contributed by atoms with van der Waals surface area (Å²) in [5, 5.41) is 0. The standard InChI is InChI=1S/C24H30.Ho/c1-7-10-20-13-14-23(22-12-9-8-11-21(20)22)24-18(5)16(3)15(2)17(4)19(24)6;/h7,14H,8-12H2,1-6H3;/q-2;. The molecule has 25 heavy (non-hydrogen) atoms. The summed E-state index contributed by atoms with van der Waals surface area (Å²) in [4.78, 5) is 0. The average molecular weight is 483 g/mol. The molecule has 0 unspecified atom stereocenters. The molecule has 1 radical (unpaired) electrons. The molecule has 0 aromatic heterocycles. The summed E-state index contributed by atoms with van der Waals surface area (Å²) in [5.41, 5.74) is 14.8. The van der Waals surface area contributed by atoms with E-state index in [2.05, 4.69) is 60.1 Å².